The summed E-state index contributed by atoms with van der Waals surface area (Å²) >= 11 is 0. The van der Waals surface area contributed by atoms with E-state index in [0.717, 1.165) is 25.7 Å². The first-order chi connectivity index (χ1) is 7.54. The van der Waals surface area contributed by atoms with Crippen molar-refractivity contribution in [2.45, 2.75) is 39.5 Å². The van der Waals surface area contributed by atoms with Crippen molar-refractivity contribution in [3.8, 4) is 0 Å². The topological polar surface area (TPSA) is 52.6 Å². The maximum atomic E-state index is 10.1. The molecule has 0 aromatic rings. The number of ether oxygens (including phenoxy) is 2. The molecule has 96 valence electrons. The van der Waals surface area contributed by atoms with E-state index in [1.807, 2.05) is 0 Å². The van der Waals surface area contributed by atoms with E-state index >= 15 is 0 Å². The van der Waals surface area contributed by atoms with Gasteiger partial charge >= 0.3 is 31.4 Å². The zero-order valence-electron chi connectivity index (χ0n) is 11.0. The van der Waals surface area contributed by atoms with Crippen LogP contribution in [0.5, 0.6) is 0 Å². The SMILES string of the molecule is [CH2-]CCCOC(C)=O.[CH2-]CCCOC(C)=O.[Zn+2]. The summed E-state index contributed by atoms with van der Waals surface area (Å²) in [4.78, 5) is 20.2. The Hall–Kier alpha value is -0.437. The largest absolute Gasteiger partial charge is 2.00 e. The summed E-state index contributed by atoms with van der Waals surface area (Å²) in [7, 11) is 0. The monoisotopic (exact) mass is 294 g/mol. The third-order valence-electron chi connectivity index (χ3n) is 1.40. The fourth-order valence-corrected chi connectivity index (χ4v) is 0.636. The third-order valence-corrected chi connectivity index (χ3v) is 1.40. The van der Waals surface area contributed by atoms with E-state index in [1.54, 1.807) is 0 Å². The molecule has 17 heavy (non-hydrogen) atoms. The molecule has 4 nitrogen and oxygen atoms in total. The molecule has 0 unspecified atom stereocenters. The van der Waals surface area contributed by atoms with Crippen LogP contribution in [0, 0.1) is 13.8 Å². The van der Waals surface area contributed by atoms with E-state index in [1.165, 1.54) is 13.8 Å². The molecule has 0 radical (unpaired) electrons. The molecule has 0 bridgehead atoms. The van der Waals surface area contributed by atoms with Gasteiger partial charge < -0.3 is 23.3 Å². The fourth-order valence-electron chi connectivity index (χ4n) is 0.636. The van der Waals surface area contributed by atoms with Gasteiger partial charge in [0.1, 0.15) is 0 Å². The molecule has 5 heteroatoms. The van der Waals surface area contributed by atoms with Gasteiger partial charge in [0.05, 0.1) is 13.2 Å². The maximum absolute atomic E-state index is 10.1. The van der Waals surface area contributed by atoms with Crippen LogP contribution in [0.3, 0.4) is 0 Å². The Bertz CT molecular complexity index is 163. The summed E-state index contributed by atoms with van der Waals surface area (Å²) in [6.45, 7) is 11.0. The second-order valence-corrected chi connectivity index (χ2v) is 3.09. The molecule has 0 N–H and O–H groups in total. The molecule has 0 aromatic heterocycles. The first-order valence-corrected chi connectivity index (χ1v) is 5.39. The van der Waals surface area contributed by atoms with Crippen molar-refractivity contribution in [1.29, 1.82) is 0 Å². The van der Waals surface area contributed by atoms with Crippen molar-refractivity contribution in [3.63, 3.8) is 0 Å². The second-order valence-electron chi connectivity index (χ2n) is 3.09. The molecule has 0 spiro atoms. The van der Waals surface area contributed by atoms with Gasteiger partial charge in [-0.25, -0.2) is 0 Å². The summed E-state index contributed by atoms with van der Waals surface area (Å²) in [6, 6.07) is 0. The molecule has 0 saturated heterocycles. The minimum atomic E-state index is -0.210. The number of rotatable bonds is 6. The first-order valence-electron chi connectivity index (χ1n) is 5.39. The number of carbonyl (C=O) groups is 2. The van der Waals surface area contributed by atoms with Crippen LogP contribution in [-0.2, 0) is 38.5 Å². The Morgan fingerprint density at radius 1 is 0.882 bits per heavy atom. The zero-order valence-corrected chi connectivity index (χ0v) is 14.0. The van der Waals surface area contributed by atoms with E-state index in [0.29, 0.717) is 13.2 Å². The molecule has 0 heterocycles. The normalized spacial score (nSPS) is 8.24. The quantitative estimate of drug-likeness (QED) is 0.327. The van der Waals surface area contributed by atoms with Crippen molar-refractivity contribution >= 4 is 11.9 Å². The Labute approximate surface area is 117 Å². The Kier molecular flexibility index (Phi) is 23.0. The fraction of sp³-hybridized carbons (Fsp3) is 0.667. The van der Waals surface area contributed by atoms with Gasteiger partial charge in [-0.05, 0) is 12.8 Å². The van der Waals surface area contributed by atoms with E-state index in [2.05, 4.69) is 23.3 Å². The van der Waals surface area contributed by atoms with Gasteiger partial charge in [-0.2, -0.15) is 12.8 Å². The minimum Gasteiger partial charge on any atom is -0.466 e. The summed E-state index contributed by atoms with van der Waals surface area (Å²) in [5.74, 6) is -0.420. The summed E-state index contributed by atoms with van der Waals surface area (Å²) in [5, 5.41) is 0. The maximum Gasteiger partial charge on any atom is 2.00 e. The number of hydrogen-bond donors (Lipinski definition) is 0. The van der Waals surface area contributed by atoms with Crippen molar-refractivity contribution in [1.82, 2.24) is 0 Å². The summed E-state index contributed by atoms with van der Waals surface area (Å²) < 4.78 is 9.21. The molecule has 0 aliphatic carbocycles. The number of hydrogen-bond acceptors (Lipinski definition) is 4. The molecule has 0 rings (SSSR count). The van der Waals surface area contributed by atoms with Crippen LogP contribution in [0.25, 0.3) is 0 Å². The first kappa shape index (κ1) is 21.8. The number of unbranched alkanes of at least 4 members (excludes halogenated alkanes) is 2. The van der Waals surface area contributed by atoms with E-state index in [4.69, 9.17) is 0 Å². The predicted octanol–water partition coefficient (Wildman–Crippen LogP) is 2.33. The Balaban J connectivity index is -0.000000218. The van der Waals surface area contributed by atoms with Crippen LogP contribution in [0.1, 0.15) is 39.5 Å². The van der Waals surface area contributed by atoms with Crippen molar-refractivity contribution < 1.29 is 38.5 Å². The van der Waals surface area contributed by atoms with Gasteiger partial charge in [0.15, 0.2) is 0 Å². The van der Waals surface area contributed by atoms with Gasteiger partial charge in [-0.15, -0.1) is 0 Å². The number of esters is 2. The van der Waals surface area contributed by atoms with Crippen LogP contribution in [0.4, 0.5) is 0 Å². The average Bonchev–Trinajstić information content (AvgIpc) is 2.18. The van der Waals surface area contributed by atoms with E-state index in [-0.39, 0.29) is 31.4 Å². The van der Waals surface area contributed by atoms with Crippen LogP contribution in [0.2, 0.25) is 0 Å². The molecule has 0 aliphatic heterocycles. The molecule has 0 amide bonds. The Morgan fingerprint density at radius 3 is 1.35 bits per heavy atom. The summed E-state index contributed by atoms with van der Waals surface area (Å²) in [5.41, 5.74) is 0. The zero-order chi connectivity index (χ0) is 12.8. The smallest absolute Gasteiger partial charge is 0.466 e. The molecular formula is C12H22O4Zn. The third kappa shape index (κ3) is 31.3. The van der Waals surface area contributed by atoms with Gasteiger partial charge in [-0.1, -0.05) is 0 Å². The molecule has 0 atom stereocenters. The van der Waals surface area contributed by atoms with E-state index in [9.17, 15) is 9.59 Å². The van der Waals surface area contributed by atoms with Gasteiger partial charge in [-0.3, -0.25) is 9.59 Å². The van der Waals surface area contributed by atoms with Crippen LogP contribution < -0.4 is 0 Å². The van der Waals surface area contributed by atoms with E-state index < -0.39 is 0 Å². The Morgan fingerprint density at radius 2 is 1.18 bits per heavy atom. The predicted molar refractivity (Wildman–Crippen MR) is 62.4 cm³/mol. The van der Waals surface area contributed by atoms with Gasteiger partial charge in [0.25, 0.3) is 0 Å². The molecular weight excluding hydrogens is 274 g/mol. The number of carbonyl (C=O) groups excluding carboxylic acids is 2. The van der Waals surface area contributed by atoms with Crippen molar-refractivity contribution in [2.75, 3.05) is 13.2 Å². The van der Waals surface area contributed by atoms with Crippen molar-refractivity contribution in [2.24, 2.45) is 0 Å². The van der Waals surface area contributed by atoms with Crippen LogP contribution in [-0.4, -0.2) is 25.2 Å². The standard InChI is InChI=1S/2C6H11O2.Zn/c2*1-3-4-5-8-6(2)7;/h2*1,3-5H2,2H3;/q2*-1;+2. The second kappa shape index (κ2) is 17.9. The average molecular weight is 296 g/mol. The molecule has 0 aromatic carbocycles. The molecule has 0 saturated carbocycles. The van der Waals surface area contributed by atoms with Crippen LogP contribution >= 0.6 is 0 Å². The molecule has 0 aliphatic rings. The van der Waals surface area contributed by atoms with Gasteiger partial charge in [0.2, 0.25) is 0 Å². The summed E-state index contributed by atoms with van der Waals surface area (Å²) in [6.07, 6.45) is 3.37. The van der Waals surface area contributed by atoms with Crippen LogP contribution in [0.15, 0.2) is 0 Å². The molecule has 0 fully saturated rings. The minimum absolute atomic E-state index is 0. The van der Waals surface area contributed by atoms with Gasteiger partial charge in [0, 0.05) is 13.8 Å². The van der Waals surface area contributed by atoms with Crippen molar-refractivity contribution in [3.05, 3.63) is 13.8 Å².